The van der Waals surface area contributed by atoms with Gasteiger partial charge in [0.1, 0.15) is 6.61 Å². The molecule has 3 rings (SSSR count). The molecule has 2 aromatic rings. The number of aromatic nitrogens is 1. The summed E-state index contributed by atoms with van der Waals surface area (Å²) in [5.41, 5.74) is 1.20. The summed E-state index contributed by atoms with van der Waals surface area (Å²) >= 11 is 1.22. The third kappa shape index (κ3) is 3.77. The lowest BCUT2D eigenvalue weighted by Gasteiger charge is -2.12. The summed E-state index contributed by atoms with van der Waals surface area (Å²) in [6.45, 7) is 1.29. The molecular formula is C17H15N3O5S. The fraction of sp³-hybridized carbons (Fsp3) is 0.235. The predicted molar refractivity (Wildman–Crippen MR) is 92.6 cm³/mol. The lowest BCUT2D eigenvalue weighted by Crippen LogP contribution is -2.32. The molecule has 0 unspecified atom stereocenters. The van der Waals surface area contributed by atoms with Crippen molar-refractivity contribution in [2.75, 3.05) is 11.9 Å². The lowest BCUT2D eigenvalue weighted by molar-refractivity contribution is -0.145. The molecule has 26 heavy (non-hydrogen) atoms. The highest BCUT2D eigenvalue weighted by molar-refractivity contribution is 7.13. The molecule has 0 saturated heterocycles. The molecule has 0 bridgehead atoms. The smallest absolute Gasteiger partial charge is 0.307 e. The van der Waals surface area contributed by atoms with Gasteiger partial charge in [-0.25, -0.2) is 4.98 Å². The van der Waals surface area contributed by atoms with Gasteiger partial charge in [-0.05, 0) is 12.1 Å². The number of fused-ring (bicyclic) bond motifs is 1. The highest BCUT2D eigenvalue weighted by Gasteiger charge is 2.35. The van der Waals surface area contributed by atoms with Gasteiger partial charge in [0.2, 0.25) is 5.91 Å². The minimum Gasteiger partial charge on any atom is -0.459 e. The standard InChI is InChI=1S/C17H15N3O5S/c1-10(21)18-17-19-11(9-26-17)8-25-14(22)6-7-20-15(23)12-4-2-3-5-13(12)16(20)24/h2-5,9H,6-8H2,1H3,(H,18,19,21). The van der Waals surface area contributed by atoms with Crippen molar-refractivity contribution >= 4 is 40.2 Å². The molecule has 134 valence electrons. The Bertz CT molecular complexity index is 857. The Morgan fingerprint density at radius 2 is 1.85 bits per heavy atom. The molecule has 3 amide bonds. The fourth-order valence-corrected chi connectivity index (χ4v) is 3.19. The van der Waals surface area contributed by atoms with E-state index in [1.807, 2.05) is 0 Å². The molecule has 0 spiro atoms. The van der Waals surface area contributed by atoms with Gasteiger partial charge in [-0.15, -0.1) is 11.3 Å². The summed E-state index contributed by atoms with van der Waals surface area (Å²) in [5, 5.41) is 4.63. The molecule has 9 heteroatoms. The molecule has 0 aliphatic carbocycles. The Hall–Kier alpha value is -3.07. The third-order valence-corrected chi connectivity index (χ3v) is 4.44. The first kappa shape index (κ1) is 17.7. The molecule has 1 aromatic heterocycles. The maximum absolute atomic E-state index is 12.2. The number of carbonyl (C=O) groups excluding carboxylic acids is 4. The monoisotopic (exact) mass is 373 g/mol. The molecule has 8 nitrogen and oxygen atoms in total. The molecular weight excluding hydrogens is 358 g/mol. The number of thiazole rings is 1. The Labute approximate surface area is 152 Å². The third-order valence-electron chi connectivity index (χ3n) is 3.63. The summed E-state index contributed by atoms with van der Waals surface area (Å²) in [5.74, 6) is -1.59. The molecule has 2 heterocycles. The SMILES string of the molecule is CC(=O)Nc1nc(COC(=O)CCN2C(=O)c3ccccc3C2=O)cs1. The largest absolute Gasteiger partial charge is 0.459 e. The summed E-state index contributed by atoms with van der Waals surface area (Å²) in [4.78, 5) is 52.4. The van der Waals surface area contributed by atoms with E-state index in [0.29, 0.717) is 22.0 Å². The van der Waals surface area contributed by atoms with E-state index in [4.69, 9.17) is 4.74 Å². The summed E-state index contributed by atoms with van der Waals surface area (Å²) in [7, 11) is 0. The number of nitrogens with one attached hydrogen (secondary N) is 1. The number of carbonyl (C=O) groups is 4. The van der Waals surface area contributed by atoms with Crippen LogP contribution in [-0.4, -0.2) is 40.1 Å². The minimum absolute atomic E-state index is 0.0423. The van der Waals surface area contributed by atoms with Crippen LogP contribution in [0.4, 0.5) is 5.13 Å². The normalized spacial score (nSPS) is 12.9. The molecule has 0 fully saturated rings. The van der Waals surface area contributed by atoms with Crippen LogP contribution in [0.5, 0.6) is 0 Å². The number of hydrogen-bond donors (Lipinski definition) is 1. The van der Waals surface area contributed by atoms with Crippen LogP contribution >= 0.6 is 11.3 Å². The average Bonchev–Trinajstić information content (AvgIpc) is 3.15. The van der Waals surface area contributed by atoms with E-state index in [9.17, 15) is 19.2 Å². The Morgan fingerprint density at radius 3 is 2.46 bits per heavy atom. The number of benzene rings is 1. The maximum Gasteiger partial charge on any atom is 0.307 e. The zero-order valence-electron chi connectivity index (χ0n) is 13.9. The lowest BCUT2D eigenvalue weighted by atomic mass is 10.1. The van der Waals surface area contributed by atoms with Gasteiger partial charge in [-0.1, -0.05) is 12.1 Å². The first-order chi connectivity index (χ1) is 12.5. The maximum atomic E-state index is 12.2. The van der Waals surface area contributed by atoms with Crippen molar-refractivity contribution < 1.29 is 23.9 Å². The number of rotatable bonds is 6. The number of hydrogen-bond acceptors (Lipinski definition) is 7. The first-order valence-corrected chi connectivity index (χ1v) is 8.66. The predicted octanol–water partition coefficient (Wildman–Crippen LogP) is 1.83. The number of imide groups is 1. The van der Waals surface area contributed by atoms with Gasteiger partial charge >= 0.3 is 5.97 Å². The molecule has 0 saturated carbocycles. The van der Waals surface area contributed by atoms with Crippen LogP contribution in [0, 0.1) is 0 Å². The molecule has 1 aliphatic rings. The van der Waals surface area contributed by atoms with Crippen molar-refractivity contribution in [2.24, 2.45) is 0 Å². The van der Waals surface area contributed by atoms with E-state index in [-0.39, 0.29) is 25.5 Å². The molecule has 1 aromatic carbocycles. The second-order valence-electron chi connectivity index (χ2n) is 5.54. The average molecular weight is 373 g/mol. The van der Waals surface area contributed by atoms with Crippen molar-refractivity contribution in [1.29, 1.82) is 0 Å². The van der Waals surface area contributed by atoms with Crippen LogP contribution in [0.15, 0.2) is 29.6 Å². The number of anilines is 1. The van der Waals surface area contributed by atoms with Gasteiger partial charge < -0.3 is 10.1 Å². The van der Waals surface area contributed by atoms with Crippen molar-refractivity contribution in [3.05, 3.63) is 46.5 Å². The van der Waals surface area contributed by atoms with E-state index in [2.05, 4.69) is 10.3 Å². The van der Waals surface area contributed by atoms with Gasteiger partial charge in [0.05, 0.1) is 23.2 Å². The van der Waals surface area contributed by atoms with Gasteiger partial charge in [-0.3, -0.25) is 24.1 Å². The van der Waals surface area contributed by atoms with Gasteiger partial charge in [0.15, 0.2) is 5.13 Å². The number of ether oxygens (including phenoxy) is 1. The van der Waals surface area contributed by atoms with Crippen LogP contribution in [0.25, 0.3) is 0 Å². The molecule has 1 aliphatic heterocycles. The summed E-state index contributed by atoms with van der Waals surface area (Å²) in [6.07, 6.45) is -0.103. The Kier molecular flexibility index (Phi) is 5.08. The minimum atomic E-state index is -0.546. The van der Waals surface area contributed by atoms with Crippen LogP contribution < -0.4 is 5.32 Å². The summed E-state index contributed by atoms with van der Waals surface area (Å²) < 4.78 is 5.10. The van der Waals surface area contributed by atoms with E-state index in [0.717, 1.165) is 4.90 Å². The topological polar surface area (TPSA) is 106 Å². The van der Waals surface area contributed by atoms with Crippen LogP contribution in [0.3, 0.4) is 0 Å². The molecule has 0 radical (unpaired) electrons. The van der Waals surface area contributed by atoms with Crippen molar-refractivity contribution in [1.82, 2.24) is 9.88 Å². The Balaban J connectivity index is 1.49. The Morgan fingerprint density at radius 1 is 1.19 bits per heavy atom. The van der Waals surface area contributed by atoms with E-state index >= 15 is 0 Å². The second-order valence-corrected chi connectivity index (χ2v) is 6.40. The van der Waals surface area contributed by atoms with Gasteiger partial charge in [0, 0.05) is 18.8 Å². The van der Waals surface area contributed by atoms with Crippen molar-refractivity contribution in [2.45, 2.75) is 20.0 Å². The van der Waals surface area contributed by atoms with Gasteiger partial charge in [0.25, 0.3) is 11.8 Å². The summed E-state index contributed by atoms with van der Waals surface area (Å²) in [6, 6.07) is 6.54. The fourth-order valence-electron chi connectivity index (χ4n) is 2.45. The van der Waals surface area contributed by atoms with Crippen LogP contribution in [0.1, 0.15) is 39.8 Å². The number of esters is 1. The second kappa shape index (κ2) is 7.44. The zero-order chi connectivity index (χ0) is 18.7. The van der Waals surface area contributed by atoms with E-state index < -0.39 is 17.8 Å². The highest BCUT2D eigenvalue weighted by atomic mass is 32.1. The van der Waals surface area contributed by atoms with Crippen LogP contribution in [-0.2, 0) is 20.9 Å². The highest BCUT2D eigenvalue weighted by Crippen LogP contribution is 2.22. The zero-order valence-corrected chi connectivity index (χ0v) is 14.7. The first-order valence-electron chi connectivity index (χ1n) is 7.78. The molecule has 0 atom stereocenters. The molecule has 1 N–H and O–H groups in total. The quantitative estimate of drug-likeness (QED) is 0.612. The number of amides is 3. The van der Waals surface area contributed by atoms with E-state index in [1.165, 1.54) is 18.3 Å². The number of nitrogens with zero attached hydrogens (tertiary/aromatic N) is 2. The van der Waals surface area contributed by atoms with Crippen molar-refractivity contribution in [3.63, 3.8) is 0 Å². The van der Waals surface area contributed by atoms with Gasteiger partial charge in [-0.2, -0.15) is 0 Å². The van der Waals surface area contributed by atoms with E-state index in [1.54, 1.807) is 29.6 Å². The van der Waals surface area contributed by atoms with Crippen LogP contribution in [0.2, 0.25) is 0 Å². The van der Waals surface area contributed by atoms with Crippen molar-refractivity contribution in [3.8, 4) is 0 Å².